The Morgan fingerprint density at radius 3 is 1.58 bits per heavy atom. The smallest absolute Gasteiger partial charge is 0.0620 e. The summed E-state index contributed by atoms with van der Waals surface area (Å²) >= 11 is 0. The van der Waals surface area contributed by atoms with Gasteiger partial charge in [-0.05, 0) is 77.1 Å². The van der Waals surface area contributed by atoms with Crippen molar-refractivity contribution in [3.63, 3.8) is 0 Å². The van der Waals surface area contributed by atoms with Crippen molar-refractivity contribution in [2.45, 2.75) is 18.8 Å². The van der Waals surface area contributed by atoms with Gasteiger partial charge in [0.15, 0.2) is 0 Å². The largest absolute Gasteiger partial charge is 0.309 e. The number of aryl methyl sites for hydroxylation is 1. The van der Waals surface area contributed by atoms with Crippen molar-refractivity contribution in [2.24, 2.45) is 0 Å². The van der Waals surface area contributed by atoms with Crippen molar-refractivity contribution < 1.29 is 0 Å². The molecule has 2 nitrogen and oxygen atoms in total. The monoisotopic (exact) mass is 676 g/mol. The number of nitrogens with zero attached hydrogens (tertiary/aromatic N) is 2. The minimum atomic E-state index is 0.332. The van der Waals surface area contributed by atoms with Crippen LogP contribution < -0.4 is 0 Å². The Kier molecular flexibility index (Phi) is 6.78. The van der Waals surface area contributed by atoms with Crippen LogP contribution in [-0.4, -0.2) is 9.13 Å². The standard InChI is InChI=1S/C51H36N2/c1-3-15-34(16-4-1)39-31-29-35-17-7-8-20-38(35)47-33-37(30-32-40(39)47)53-49-28-12-10-22-42(49)44-24-14-26-46(51(44)53)45-25-13-23-43-41-21-9-11-27-48(41)52(50(43)45)36-18-5-2-6-19-36/h1-28,30,32-33,39H,29,31H2. The van der Waals surface area contributed by atoms with Crippen LogP contribution in [0, 0.1) is 0 Å². The van der Waals surface area contributed by atoms with Gasteiger partial charge in [0.1, 0.15) is 0 Å². The van der Waals surface area contributed by atoms with Gasteiger partial charge in [0.05, 0.1) is 22.1 Å². The van der Waals surface area contributed by atoms with Crippen LogP contribution in [0.2, 0.25) is 0 Å². The van der Waals surface area contributed by atoms with Gasteiger partial charge < -0.3 is 9.13 Å². The lowest BCUT2D eigenvalue weighted by Crippen LogP contribution is -2.03. The summed E-state index contributed by atoms with van der Waals surface area (Å²) in [5.41, 5.74) is 16.6. The number of aromatic nitrogens is 2. The quantitative estimate of drug-likeness (QED) is 0.176. The summed E-state index contributed by atoms with van der Waals surface area (Å²) in [5.74, 6) is 0.332. The van der Waals surface area contributed by atoms with Crippen molar-refractivity contribution in [3.05, 3.63) is 205 Å². The fourth-order valence-electron chi connectivity index (χ4n) is 9.29. The first kappa shape index (κ1) is 30.0. The third kappa shape index (κ3) is 4.59. The van der Waals surface area contributed by atoms with Crippen molar-refractivity contribution in [1.29, 1.82) is 0 Å². The van der Waals surface area contributed by atoms with Gasteiger partial charge in [-0.3, -0.25) is 0 Å². The molecule has 1 unspecified atom stereocenters. The molecule has 0 amide bonds. The molecule has 10 aromatic rings. The summed E-state index contributed by atoms with van der Waals surface area (Å²) in [5, 5.41) is 5.04. The number of rotatable bonds is 4. The number of hydrogen-bond donors (Lipinski definition) is 0. The van der Waals surface area contributed by atoms with E-state index in [2.05, 4.69) is 197 Å². The molecule has 0 spiro atoms. The maximum Gasteiger partial charge on any atom is 0.0620 e. The zero-order valence-electron chi connectivity index (χ0n) is 29.3. The van der Waals surface area contributed by atoms with E-state index in [1.165, 1.54) is 88.2 Å². The first-order valence-corrected chi connectivity index (χ1v) is 18.7. The molecule has 8 aromatic carbocycles. The van der Waals surface area contributed by atoms with Gasteiger partial charge in [-0.25, -0.2) is 0 Å². The number of para-hydroxylation sites is 5. The van der Waals surface area contributed by atoms with Gasteiger partial charge >= 0.3 is 0 Å². The second-order valence-corrected chi connectivity index (χ2v) is 14.4. The average Bonchev–Trinajstić information content (AvgIpc) is 3.69. The molecular weight excluding hydrogens is 641 g/mol. The van der Waals surface area contributed by atoms with Crippen LogP contribution in [0.1, 0.15) is 29.0 Å². The minimum absolute atomic E-state index is 0.332. The molecule has 2 heterocycles. The summed E-state index contributed by atoms with van der Waals surface area (Å²) < 4.78 is 4.98. The maximum atomic E-state index is 2.53. The van der Waals surface area contributed by atoms with E-state index in [-0.39, 0.29) is 0 Å². The molecule has 2 aromatic heterocycles. The summed E-state index contributed by atoms with van der Waals surface area (Å²) in [4.78, 5) is 0. The second kappa shape index (κ2) is 12.0. The number of fused-ring (bicyclic) bond motifs is 9. The minimum Gasteiger partial charge on any atom is -0.309 e. The predicted octanol–water partition coefficient (Wildman–Crippen LogP) is 13.3. The van der Waals surface area contributed by atoms with Gasteiger partial charge in [-0.2, -0.15) is 0 Å². The predicted molar refractivity (Wildman–Crippen MR) is 223 cm³/mol. The number of hydrogen-bond acceptors (Lipinski definition) is 0. The molecule has 0 bridgehead atoms. The van der Waals surface area contributed by atoms with Crippen molar-refractivity contribution in [3.8, 4) is 33.6 Å². The number of benzene rings is 8. The van der Waals surface area contributed by atoms with E-state index >= 15 is 0 Å². The van der Waals surface area contributed by atoms with Gasteiger partial charge in [-0.1, -0.05) is 152 Å². The molecule has 250 valence electrons. The van der Waals surface area contributed by atoms with Crippen LogP contribution in [0.4, 0.5) is 0 Å². The SMILES string of the molecule is c1ccc(C2CCc3ccccc3-c3cc(-n4c5ccccc5c5cccc(-c6cccc7c8ccccc8n(-c8ccccc8)c67)c54)ccc32)cc1. The highest BCUT2D eigenvalue weighted by Crippen LogP contribution is 2.46. The Bertz CT molecular complexity index is 3000. The highest BCUT2D eigenvalue weighted by Gasteiger charge is 2.26. The van der Waals surface area contributed by atoms with E-state index in [9.17, 15) is 0 Å². The Morgan fingerprint density at radius 1 is 0.377 bits per heavy atom. The molecule has 1 aliphatic rings. The maximum absolute atomic E-state index is 2.53. The Hall–Kier alpha value is -6.64. The van der Waals surface area contributed by atoms with Gasteiger partial charge in [0, 0.05) is 50.0 Å². The van der Waals surface area contributed by atoms with E-state index in [0.717, 1.165) is 18.5 Å². The summed E-state index contributed by atoms with van der Waals surface area (Å²) in [6.45, 7) is 0. The van der Waals surface area contributed by atoms with Gasteiger partial charge in [0.2, 0.25) is 0 Å². The Labute approximate surface area is 308 Å². The third-order valence-electron chi connectivity index (χ3n) is 11.6. The molecule has 0 aliphatic heterocycles. The van der Waals surface area contributed by atoms with Crippen molar-refractivity contribution >= 4 is 43.6 Å². The molecule has 0 saturated heterocycles. The van der Waals surface area contributed by atoms with Crippen LogP contribution in [-0.2, 0) is 6.42 Å². The fourth-order valence-corrected chi connectivity index (χ4v) is 9.29. The summed E-state index contributed by atoms with van der Waals surface area (Å²) in [7, 11) is 0. The van der Waals surface area contributed by atoms with E-state index in [1.54, 1.807) is 0 Å². The molecule has 1 aliphatic carbocycles. The van der Waals surface area contributed by atoms with Crippen LogP contribution in [0.15, 0.2) is 188 Å². The van der Waals surface area contributed by atoms with Crippen LogP contribution in [0.25, 0.3) is 77.2 Å². The molecule has 1 atom stereocenters. The topological polar surface area (TPSA) is 9.86 Å². The average molecular weight is 677 g/mol. The molecule has 2 heteroatoms. The molecule has 0 fully saturated rings. The Morgan fingerprint density at radius 2 is 0.906 bits per heavy atom. The fraction of sp³-hybridized carbons (Fsp3) is 0.0588. The van der Waals surface area contributed by atoms with E-state index in [4.69, 9.17) is 0 Å². The van der Waals surface area contributed by atoms with Crippen molar-refractivity contribution in [1.82, 2.24) is 9.13 Å². The van der Waals surface area contributed by atoms with Gasteiger partial charge in [0.25, 0.3) is 0 Å². The van der Waals surface area contributed by atoms with Crippen LogP contribution >= 0.6 is 0 Å². The summed E-state index contributed by atoms with van der Waals surface area (Å²) in [6.07, 6.45) is 2.14. The van der Waals surface area contributed by atoms with E-state index in [0.29, 0.717) is 5.92 Å². The second-order valence-electron chi connectivity index (χ2n) is 14.4. The van der Waals surface area contributed by atoms with Gasteiger partial charge in [-0.15, -0.1) is 0 Å². The lowest BCUT2D eigenvalue weighted by atomic mass is 9.85. The molecular formula is C51H36N2. The zero-order chi connectivity index (χ0) is 34.9. The zero-order valence-corrected chi connectivity index (χ0v) is 29.3. The highest BCUT2D eigenvalue weighted by molar-refractivity contribution is 6.19. The molecule has 0 radical (unpaired) electrons. The highest BCUT2D eigenvalue weighted by atomic mass is 15.0. The molecule has 0 saturated carbocycles. The lowest BCUT2D eigenvalue weighted by Gasteiger charge is -2.21. The third-order valence-corrected chi connectivity index (χ3v) is 11.6. The normalized spacial score (nSPS) is 14.1. The molecule has 11 rings (SSSR count). The van der Waals surface area contributed by atoms with E-state index < -0.39 is 0 Å². The van der Waals surface area contributed by atoms with Crippen molar-refractivity contribution in [2.75, 3.05) is 0 Å². The lowest BCUT2D eigenvalue weighted by molar-refractivity contribution is 0.726. The van der Waals surface area contributed by atoms with Crippen LogP contribution in [0.5, 0.6) is 0 Å². The molecule has 53 heavy (non-hydrogen) atoms. The Balaban J connectivity index is 1.23. The summed E-state index contributed by atoms with van der Waals surface area (Å²) in [6, 6.07) is 69.6. The van der Waals surface area contributed by atoms with Crippen LogP contribution in [0.3, 0.4) is 0 Å². The van der Waals surface area contributed by atoms with E-state index in [1.807, 2.05) is 0 Å². The molecule has 0 N–H and O–H groups in total. The first-order chi connectivity index (χ1) is 26.3. The first-order valence-electron chi connectivity index (χ1n) is 18.7.